The fourth-order valence-corrected chi connectivity index (χ4v) is 9.42. The van der Waals surface area contributed by atoms with E-state index in [9.17, 15) is 4.79 Å². The summed E-state index contributed by atoms with van der Waals surface area (Å²) in [6, 6.07) is 0. The zero-order chi connectivity index (χ0) is 26.3. The molecule has 4 aliphatic rings. The molecule has 0 unspecified atom stereocenters. The molecule has 3 fully saturated rings. The molecule has 0 heterocycles. The molecule has 3 saturated carbocycles. The number of hydrogen-bond acceptors (Lipinski definition) is 2. The van der Waals surface area contributed by atoms with Gasteiger partial charge in [0.25, 0.3) is 0 Å². The molecule has 0 spiro atoms. The van der Waals surface area contributed by atoms with Crippen LogP contribution in [0.4, 0.5) is 0 Å². The minimum absolute atomic E-state index is 0.0568. The van der Waals surface area contributed by atoms with Crippen molar-refractivity contribution in [2.45, 2.75) is 118 Å². The average Bonchev–Trinajstić information content (AvgIpc) is 3.16. The Balaban J connectivity index is 1.41. The van der Waals surface area contributed by atoms with Gasteiger partial charge in [0.15, 0.2) is 0 Å². The van der Waals surface area contributed by atoms with E-state index in [4.69, 9.17) is 39.5 Å². The van der Waals surface area contributed by atoms with Crippen molar-refractivity contribution in [3.8, 4) is 0 Å². The molecule has 8 atom stereocenters. The summed E-state index contributed by atoms with van der Waals surface area (Å²) in [5, 5.41) is 0.151. The molecule has 0 aromatic heterocycles. The van der Waals surface area contributed by atoms with E-state index >= 15 is 0 Å². The minimum Gasteiger partial charge on any atom is -0.462 e. The monoisotopic (exact) mass is 556 g/mol. The van der Waals surface area contributed by atoms with E-state index in [0.29, 0.717) is 5.41 Å². The molecule has 36 heavy (non-hydrogen) atoms. The molecule has 0 saturated heterocycles. The first-order chi connectivity index (χ1) is 17.0. The van der Waals surface area contributed by atoms with Gasteiger partial charge in [-0.2, -0.15) is 0 Å². The van der Waals surface area contributed by atoms with Gasteiger partial charge in [-0.05, 0) is 91.3 Å². The van der Waals surface area contributed by atoms with E-state index in [-0.39, 0.29) is 33.4 Å². The van der Waals surface area contributed by atoms with Crippen molar-refractivity contribution in [2.75, 3.05) is 0 Å². The van der Waals surface area contributed by atoms with E-state index in [2.05, 4.69) is 40.7 Å². The first kappa shape index (κ1) is 28.8. The highest BCUT2D eigenvalue weighted by molar-refractivity contribution is 6.59. The van der Waals surface area contributed by atoms with Crippen LogP contribution in [0.25, 0.3) is 0 Å². The van der Waals surface area contributed by atoms with Crippen LogP contribution in [0.15, 0.2) is 21.2 Å². The molecular formula is C31H47Cl3O2. The van der Waals surface area contributed by atoms with E-state index in [0.717, 1.165) is 54.8 Å². The third-order valence-electron chi connectivity index (χ3n) is 11.1. The summed E-state index contributed by atoms with van der Waals surface area (Å²) in [5.74, 6) is 4.69. The van der Waals surface area contributed by atoms with Gasteiger partial charge < -0.3 is 4.74 Å². The lowest BCUT2D eigenvalue weighted by molar-refractivity contribution is -0.150. The first-order valence-corrected chi connectivity index (χ1v) is 15.7. The van der Waals surface area contributed by atoms with Gasteiger partial charge in [-0.3, -0.25) is 4.79 Å². The lowest BCUT2D eigenvalue weighted by Gasteiger charge is -2.58. The van der Waals surface area contributed by atoms with Crippen LogP contribution >= 0.6 is 34.8 Å². The highest BCUT2D eigenvalue weighted by Gasteiger charge is 2.59. The predicted molar refractivity (Wildman–Crippen MR) is 152 cm³/mol. The summed E-state index contributed by atoms with van der Waals surface area (Å²) in [4.78, 5) is 12.4. The fraction of sp³-hybridized carbons (Fsp3) is 0.839. The SMILES string of the molecule is CC(C)CCC[C@@H](C)[C@H]1CC[C@@H]2[C@H]3CC=C4C[C@@H](OC(=O)CC(Cl)=C(Cl)Cl)CC[C@]4(C)[C@@H]3CC[C@@]21C. The van der Waals surface area contributed by atoms with Crippen molar-refractivity contribution >= 4 is 40.8 Å². The van der Waals surface area contributed by atoms with Crippen molar-refractivity contribution in [2.24, 2.45) is 46.3 Å². The summed E-state index contributed by atoms with van der Waals surface area (Å²) < 4.78 is 5.74. The molecule has 0 aromatic rings. The molecule has 0 amide bonds. The molecule has 0 radical (unpaired) electrons. The van der Waals surface area contributed by atoms with Gasteiger partial charge in [0.2, 0.25) is 0 Å². The van der Waals surface area contributed by atoms with Crippen LogP contribution < -0.4 is 0 Å². The number of halogens is 3. The van der Waals surface area contributed by atoms with Gasteiger partial charge in [0, 0.05) is 6.42 Å². The maximum atomic E-state index is 12.4. The second-order valence-electron chi connectivity index (χ2n) is 13.5. The van der Waals surface area contributed by atoms with Crippen molar-refractivity contribution < 1.29 is 9.53 Å². The van der Waals surface area contributed by atoms with Crippen LogP contribution in [-0.4, -0.2) is 12.1 Å². The highest BCUT2D eigenvalue weighted by atomic mass is 35.5. The zero-order valence-corrected chi connectivity index (χ0v) is 25.3. The average molecular weight is 558 g/mol. The third kappa shape index (κ3) is 5.72. The van der Waals surface area contributed by atoms with E-state index in [1.54, 1.807) is 0 Å². The quantitative estimate of drug-likeness (QED) is 0.219. The largest absolute Gasteiger partial charge is 0.462 e. The first-order valence-electron chi connectivity index (χ1n) is 14.5. The topological polar surface area (TPSA) is 26.3 Å². The molecule has 0 N–H and O–H groups in total. The Bertz CT molecular complexity index is 875. The van der Waals surface area contributed by atoms with Gasteiger partial charge in [-0.1, -0.05) is 100 Å². The van der Waals surface area contributed by atoms with Crippen molar-refractivity contribution in [3.05, 3.63) is 21.2 Å². The number of ether oxygens (including phenoxy) is 1. The molecule has 2 nitrogen and oxygen atoms in total. The van der Waals surface area contributed by atoms with Crippen LogP contribution in [0.5, 0.6) is 0 Å². The summed E-state index contributed by atoms with van der Waals surface area (Å²) in [7, 11) is 0. The normalized spacial score (nSPS) is 38.5. The van der Waals surface area contributed by atoms with Gasteiger partial charge >= 0.3 is 5.97 Å². The van der Waals surface area contributed by atoms with Gasteiger partial charge in [0.05, 0.1) is 11.5 Å². The Labute approximate surface area is 234 Å². The van der Waals surface area contributed by atoms with Crippen LogP contribution in [0.3, 0.4) is 0 Å². The van der Waals surface area contributed by atoms with Crippen LogP contribution in [0.1, 0.15) is 112 Å². The number of carbonyl (C=O) groups excluding carboxylic acids is 1. The van der Waals surface area contributed by atoms with Gasteiger partial charge in [0.1, 0.15) is 10.6 Å². The van der Waals surface area contributed by atoms with E-state index in [1.165, 1.54) is 56.9 Å². The van der Waals surface area contributed by atoms with Crippen LogP contribution in [0.2, 0.25) is 0 Å². The summed E-state index contributed by atoms with van der Waals surface area (Å²) >= 11 is 17.4. The number of fused-ring (bicyclic) bond motifs is 5. The highest BCUT2D eigenvalue weighted by Crippen LogP contribution is 2.67. The van der Waals surface area contributed by atoms with E-state index < -0.39 is 0 Å². The second-order valence-corrected chi connectivity index (χ2v) is 14.9. The Kier molecular flexibility index (Phi) is 9.22. The number of esters is 1. The standard InChI is InChI=1S/C31H47Cl3O2/c1-19(2)7-6-8-20(3)24-11-12-25-23-10-9-21-17-22(36-28(35)18-27(32)29(33)34)13-15-30(21,4)26(23)14-16-31(24,25)5/h9,19-20,22-26H,6-8,10-18H2,1-5H3/t20-,22+,23-,24-,25-,26-,30+,31-/m1/s1. The lowest BCUT2D eigenvalue weighted by Crippen LogP contribution is -2.51. The van der Waals surface area contributed by atoms with Crippen molar-refractivity contribution in [1.82, 2.24) is 0 Å². The summed E-state index contributed by atoms with van der Waals surface area (Å²) in [6.45, 7) is 12.4. The second kappa shape index (κ2) is 11.5. The van der Waals surface area contributed by atoms with Gasteiger partial charge in [-0.25, -0.2) is 0 Å². The molecule has 4 rings (SSSR count). The molecule has 0 bridgehead atoms. The maximum Gasteiger partial charge on any atom is 0.311 e. The smallest absolute Gasteiger partial charge is 0.311 e. The van der Waals surface area contributed by atoms with Crippen molar-refractivity contribution in [1.29, 1.82) is 0 Å². The van der Waals surface area contributed by atoms with Crippen LogP contribution in [-0.2, 0) is 9.53 Å². The number of allylic oxidation sites excluding steroid dienone is 1. The minimum atomic E-state index is -0.338. The molecular weight excluding hydrogens is 511 g/mol. The lowest BCUT2D eigenvalue weighted by atomic mass is 9.47. The molecule has 0 aliphatic heterocycles. The van der Waals surface area contributed by atoms with Crippen molar-refractivity contribution in [3.63, 3.8) is 0 Å². The summed E-state index contributed by atoms with van der Waals surface area (Å²) in [6.07, 6.45) is 16.3. The Morgan fingerprint density at radius 1 is 1.03 bits per heavy atom. The summed E-state index contributed by atoms with van der Waals surface area (Å²) in [5.41, 5.74) is 2.30. The Hall–Kier alpha value is -0.180. The zero-order valence-electron chi connectivity index (χ0n) is 23.1. The number of rotatable bonds is 8. The number of carbonyl (C=O) groups is 1. The van der Waals surface area contributed by atoms with E-state index in [1.807, 2.05) is 0 Å². The molecule has 4 aliphatic carbocycles. The molecule has 0 aromatic carbocycles. The van der Waals surface area contributed by atoms with Crippen LogP contribution in [0, 0.1) is 46.3 Å². The molecule has 5 heteroatoms. The van der Waals surface area contributed by atoms with Gasteiger partial charge in [-0.15, -0.1) is 0 Å². The Morgan fingerprint density at radius 2 is 1.78 bits per heavy atom. The Morgan fingerprint density at radius 3 is 2.47 bits per heavy atom. The maximum absolute atomic E-state index is 12.4. The number of hydrogen-bond donors (Lipinski definition) is 0. The predicted octanol–water partition coefficient (Wildman–Crippen LogP) is 10.2. The third-order valence-corrected chi connectivity index (χ3v) is 12.0. The molecule has 204 valence electrons. The fourth-order valence-electron chi connectivity index (χ4n) is 9.17.